The van der Waals surface area contributed by atoms with E-state index in [4.69, 9.17) is 10.5 Å². The standard InChI is InChI=1S/C28H35N3O8/c1-4-30-21-15-10-12-9-14-19(17(32)11-13(24(14)39-3)16-7-6-8-31(16)5-2)22(33)18(12)25(35)28(15,38)26(36)20(23(21)34)27(29)37/h11-12,15-16,21,30,32,34-35,38H,4-10H2,1-3H3,(H2,29,37)/t12-,15-,16-,21+,28-/m0/s1. The third kappa shape index (κ3) is 3.70. The molecule has 0 aromatic heterocycles. The van der Waals surface area contributed by atoms with Crippen LogP contribution < -0.4 is 15.8 Å². The summed E-state index contributed by atoms with van der Waals surface area (Å²) >= 11 is 0. The molecule has 11 nitrogen and oxygen atoms in total. The molecular weight excluding hydrogens is 506 g/mol. The van der Waals surface area contributed by atoms with E-state index in [0.717, 1.165) is 31.5 Å². The number of rotatable bonds is 6. The molecule has 11 heteroatoms. The predicted molar refractivity (Wildman–Crippen MR) is 139 cm³/mol. The normalized spacial score (nSPS) is 30.8. The molecule has 1 saturated heterocycles. The fourth-order valence-electron chi connectivity index (χ4n) is 7.25. The zero-order chi connectivity index (χ0) is 28.4. The summed E-state index contributed by atoms with van der Waals surface area (Å²) < 4.78 is 5.84. The number of amides is 1. The highest BCUT2D eigenvalue weighted by Crippen LogP contribution is 2.54. The Balaban J connectivity index is 1.68. The molecule has 1 aliphatic heterocycles. The van der Waals surface area contributed by atoms with Crippen molar-refractivity contribution in [2.45, 2.75) is 57.2 Å². The SMILES string of the molecule is CCN[C@H]1C(O)=C(C(N)=O)C(=O)[C@@]2(O)C(O)=C3C(=O)c4c(O)cc([C@@H]5CCCN5CC)c(OC)c4C[C@H]3C[C@@H]12. The van der Waals surface area contributed by atoms with Crippen LogP contribution in [-0.4, -0.2) is 81.2 Å². The van der Waals surface area contributed by atoms with Gasteiger partial charge in [0.15, 0.2) is 11.4 Å². The van der Waals surface area contributed by atoms with Gasteiger partial charge in [-0.05, 0) is 57.3 Å². The van der Waals surface area contributed by atoms with Gasteiger partial charge in [-0.1, -0.05) is 13.8 Å². The second kappa shape index (κ2) is 9.65. The maximum absolute atomic E-state index is 13.9. The number of hydrogen-bond acceptors (Lipinski definition) is 10. The number of aliphatic hydroxyl groups is 3. The molecule has 39 heavy (non-hydrogen) atoms. The first kappa shape index (κ1) is 27.2. The molecule has 1 aromatic carbocycles. The molecule has 3 aliphatic carbocycles. The number of fused-ring (bicyclic) bond motifs is 3. The number of benzene rings is 1. The van der Waals surface area contributed by atoms with Gasteiger partial charge in [-0.2, -0.15) is 0 Å². The van der Waals surface area contributed by atoms with Gasteiger partial charge >= 0.3 is 0 Å². The number of aliphatic hydroxyl groups excluding tert-OH is 2. The summed E-state index contributed by atoms with van der Waals surface area (Å²) in [7, 11) is 1.52. The fourth-order valence-corrected chi connectivity index (χ4v) is 7.25. The van der Waals surface area contributed by atoms with Crippen LogP contribution in [0.5, 0.6) is 11.5 Å². The van der Waals surface area contributed by atoms with Crippen LogP contribution in [0.15, 0.2) is 28.7 Å². The van der Waals surface area contributed by atoms with Gasteiger partial charge in [-0.15, -0.1) is 0 Å². The van der Waals surface area contributed by atoms with Crippen LogP contribution in [0, 0.1) is 11.8 Å². The van der Waals surface area contributed by atoms with Crippen molar-refractivity contribution in [3.63, 3.8) is 0 Å². The monoisotopic (exact) mass is 541 g/mol. The number of phenols is 1. The number of carbonyl (C=O) groups is 3. The topological polar surface area (TPSA) is 183 Å². The summed E-state index contributed by atoms with van der Waals surface area (Å²) in [4.78, 5) is 41.6. The molecular formula is C28H35N3O8. The van der Waals surface area contributed by atoms with Crippen LogP contribution >= 0.6 is 0 Å². The lowest BCUT2D eigenvalue weighted by atomic mass is 9.58. The van der Waals surface area contributed by atoms with Crippen molar-refractivity contribution < 1.29 is 39.5 Å². The lowest BCUT2D eigenvalue weighted by Gasteiger charge is -2.49. The van der Waals surface area contributed by atoms with E-state index >= 15 is 0 Å². The van der Waals surface area contributed by atoms with Gasteiger partial charge in [0.05, 0.1) is 18.7 Å². The first-order valence-electron chi connectivity index (χ1n) is 13.4. The zero-order valence-corrected chi connectivity index (χ0v) is 22.3. The third-order valence-electron chi connectivity index (χ3n) is 8.94. The summed E-state index contributed by atoms with van der Waals surface area (Å²) in [5.41, 5.74) is 2.93. The van der Waals surface area contributed by atoms with Gasteiger partial charge in [0.1, 0.15) is 28.6 Å². The van der Waals surface area contributed by atoms with Crippen molar-refractivity contribution in [1.82, 2.24) is 10.2 Å². The van der Waals surface area contributed by atoms with Crippen LogP contribution in [0.25, 0.3) is 0 Å². The number of nitrogens with zero attached hydrogens (tertiary/aromatic N) is 1. The van der Waals surface area contributed by atoms with E-state index in [2.05, 4.69) is 17.1 Å². The number of nitrogens with one attached hydrogen (secondary N) is 1. The number of aromatic hydroxyl groups is 1. The Morgan fingerprint density at radius 1 is 1.26 bits per heavy atom. The van der Waals surface area contributed by atoms with E-state index in [0.29, 0.717) is 17.9 Å². The minimum absolute atomic E-state index is 0.0152. The Morgan fingerprint density at radius 2 is 1.97 bits per heavy atom. The number of Topliss-reactive ketones (excluding diaryl/α,β-unsaturated/α-hetero) is 2. The molecule has 210 valence electrons. The predicted octanol–water partition coefficient (Wildman–Crippen LogP) is 1.33. The molecule has 5 atom stereocenters. The van der Waals surface area contributed by atoms with Crippen molar-refractivity contribution in [1.29, 1.82) is 0 Å². The first-order valence-corrected chi connectivity index (χ1v) is 13.4. The molecule has 1 amide bonds. The average molecular weight is 542 g/mol. The number of phenolic OH excluding ortho intramolecular Hbond substituents is 1. The molecule has 0 saturated carbocycles. The largest absolute Gasteiger partial charge is 0.510 e. The van der Waals surface area contributed by atoms with Crippen LogP contribution in [-0.2, 0) is 16.0 Å². The Bertz CT molecular complexity index is 1330. The summed E-state index contributed by atoms with van der Waals surface area (Å²) in [5, 5.41) is 48.0. The van der Waals surface area contributed by atoms with E-state index in [1.165, 1.54) is 13.2 Å². The van der Waals surface area contributed by atoms with Gasteiger partial charge < -0.3 is 36.2 Å². The molecule has 0 radical (unpaired) electrons. The van der Waals surface area contributed by atoms with Crippen LogP contribution in [0.3, 0.4) is 0 Å². The quantitative estimate of drug-likeness (QED) is 0.287. The molecule has 1 heterocycles. The van der Waals surface area contributed by atoms with Gasteiger partial charge in [-0.3, -0.25) is 19.3 Å². The zero-order valence-electron chi connectivity index (χ0n) is 22.3. The van der Waals surface area contributed by atoms with E-state index < -0.39 is 58.0 Å². The summed E-state index contributed by atoms with van der Waals surface area (Å²) in [5.74, 6) is -6.22. The van der Waals surface area contributed by atoms with Gasteiger partial charge in [0, 0.05) is 28.7 Å². The highest BCUT2D eigenvalue weighted by Gasteiger charge is 2.62. The number of primary amides is 1. The average Bonchev–Trinajstić information content (AvgIpc) is 3.37. The number of hydrogen-bond donors (Lipinski definition) is 6. The Hall–Kier alpha value is -3.41. The minimum Gasteiger partial charge on any atom is -0.510 e. The maximum Gasteiger partial charge on any atom is 0.255 e. The Labute approximate surface area is 225 Å². The molecule has 0 bridgehead atoms. The number of likely N-dealkylation sites (N-methyl/N-ethyl adjacent to an activating group) is 1. The van der Waals surface area contributed by atoms with Gasteiger partial charge in [-0.25, -0.2) is 0 Å². The van der Waals surface area contributed by atoms with Crippen molar-refractivity contribution >= 4 is 17.5 Å². The highest BCUT2D eigenvalue weighted by atomic mass is 16.5. The van der Waals surface area contributed by atoms with Crippen LogP contribution in [0.4, 0.5) is 0 Å². The number of likely N-dealkylation sites (tertiary alicyclic amines) is 1. The number of ether oxygens (including phenoxy) is 1. The van der Waals surface area contributed by atoms with E-state index in [1.807, 2.05) is 0 Å². The number of ketones is 2. The molecule has 7 N–H and O–H groups in total. The highest BCUT2D eigenvalue weighted by molar-refractivity contribution is 6.24. The van der Waals surface area contributed by atoms with Crippen molar-refractivity contribution in [2.75, 3.05) is 26.7 Å². The van der Waals surface area contributed by atoms with Crippen molar-refractivity contribution in [2.24, 2.45) is 17.6 Å². The van der Waals surface area contributed by atoms with Crippen LogP contribution in [0.2, 0.25) is 0 Å². The van der Waals surface area contributed by atoms with Crippen molar-refractivity contribution in [3.05, 3.63) is 45.4 Å². The number of methoxy groups -OCH3 is 1. The van der Waals surface area contributed by atoms with E-state index in [-0.39, 0.29) is 35.8 Å². The summed E-state index contributed by atoms with van der Waals surface area (Å²) in [6.07, 6.45) is 2.09. The molecule has 4 aliphatic rings. The molecule has 5 rings (SSSR count). The molecule has 0 spiro atoms. The first-order chi connectivity index (χ1) is 18.5. The molecule has 1 fully saturated rings. The molecule has 0 unspecified atom stereocenters. The number of allylic oxidation sites excluding steroid dienone is 1. The fraction of sp³-hybridized carbons (Fsp3) is 0.536. The Kier molecular flexibility index (Phi) is 6.72. The third-order valence-corrected chi connectivity index (χ3v) is 8.94. The number of nitrogens with two attached hydrogens (primary N) is 1. The summed E-state index contributed by atoms with van der Waals surface area (Å²) in [6.45, 7) is 5.85. The second-order valence-corrected chi connectivity index (χ2v) is 10.7. The van der Waals surface area contributed by atoms with Gasteiger partial charge in [0.2, 0.25) is 5.78 Å². The maximum atomic E-state index is 13.9. The van der Waals surface area contributed by atoms with Crippen LogP contribution in [0.1, 0.15) is 60.6 Å². The van der Waals surface area contributed by atoms with Crippen molar-refractivity contribution in [3.8, 4) is 11.5 Å². The number of carbonyl (C=O) groups excluding carboxylic acids is 3. The van der Waals surface area contributed by atoms with E-state index in [1.54, 1.807) is 6.92 Å². The van der Waals surface area contributed by atoms with E-state index in [9.17, 15) is 34.8 Å². The molecule has 1 aromatic rings. The smallest absolute Gasteiger partial charge is 0.255 e. The summed E-state index contributed by atoms with van der Waals surface area (Å²) in [6, 6.07) is 0.478. The lowest BCUT2D eigenvalue weighted by Crippen LogP contribution is -2.64. The minimum atomic E-state index is -2.66. The Morgan fingerprint density at radius 3 is 2.59 bits per heavy atom. The van der Waals surface area contributed by atoms with Gasteiger partial charge in [0.25, 0.3) is 5.91 Å². The second-order valence-electron chi connectivity index (χ2n) is 10.7. The lowest BCUT2D eigenvalue weighted by molar-refractivity contribution is -0.146.